The zero-order valence-electron chi connectivity index (χ0n) is 19.1. The second-order valence-electron chi connectivity index (χ2n) is 8.92. The second-order valence-corrected chi connectivity index (χ2v) is 9.71. The molecule has 1 amide bonds. The maximum absolute atomic E-state index is 14.2. The zero-order chi connectivity index (χ0) is 27.4. The number of alkyl halides is 6. The molecule has 0 aliphatic carbocycles. The third-order valence-electron chi connectivity index (χ3n) is 6.31. The Kier molecular flexibility index (Phi) is 6.98. The third-order valence-corrected chi connectivity index (χ3v) is 7.11. The minimum absolute atomic E-state index is 0.0827. The molecule has 0 aromatic heterocycles. The van der Waals surface area contributed by atoms with E-state index in [9.17, 15) is 36.2 Å². The summed E-state index contributed by atoms with van der Waals surface area (Å²) in [5.74, 6) is -0.0827. The van der Waals surface area contributed by atoms with Crippen molar-refractivity contribution in [1.29, 1.82) is 0 Å². The normalized spacial score (nSPS) is 21.4. The summed E-state index contributed by atoms with van der Waals surface area (Å²) < 4.78 is 82.9. The van der Waals surface area contributed by atoms with E-state index in [0.29, 0.717) is 30.5 Å². The first-order valence-corrected chi connectivity index (χ1v) is 11.8. The van der Waals surface area contributed by atoms with Gasteiger partial charge in [0, 0.05) is 12.0 Å². The molecule has 200 valence electrons. The van der Waals surface area contributed by atoms with Crippen molar-refractivity contribution in [3.63, 3.8) is 0 Å². The van der Waals surface area contributed by atoms with Crippen molar-refractivity contribution >= 4 is 34.8 Å². The number of benzene rings is 2. The van der Waals surface area contributed by atoms with E-state index < -0.39 is 44.7 Å². The van der Waals surface area contributed by atoms with E-state index in [2.05, 4.69) is 5.48 Å². The molecule has 2 N–H and O–H groups in total. The summed E-state index contributed by atoms with van der Waals surface area (Å²) in [7, 11) is 0. The van der Waals surface area contributed by atoms with Crippen LogP contribution in [0.15, 0.2) is 42.5 Å². The van der Waals surface area contributed by atoms with Crippen LogP contribution in [-0.4, -0.2) is 35.2 Å². The Hall–Kier alpha value is -2.47. The molecular formula is C24H20Cl2F6N2O3. The number of hydroxylamine groups is 1. The highest BCUT2D eigenvalue weighted by Gasteiger charge is 2.60. The van der Waals surface area contributed by atoms with Gasteiger partial charge in [-0.05, 0) is 35.8 Å². The molecule has 1 saturated heterocycles. The lowest BCUT2D eigenvalue weighted by atomic mass is 9.85. The van der Waals surface area contributed by atoms with E-state index in [4.69, 9.17) is 28.0 Å². The Morgan fingerprint density at radius 3 is 2.24 bits per heavy atom. The Morgan fingerprint density at radius 2 is 1.70 bits per heavy atom. The third kappa shape index (κ3) is 4.89. The van der Waals surface area contributed by atoms with E-state index in [1.165, 1.54) is 29.2 Å². The summed E-state index contributed by atoms with van der Waals surface area (Å²) in [6.45, 7) is 2.04. The number of carbonyl (C=O) groups is 1. The van der Waals surface area contributed by atoms with Gasteiger partial charge in [-0.2, -0.15) is 26.3 Å². The van der Waals surface area contributed by atoms with Crippen molar-refractivity contribution in [1.82, 2.24) is 10.4 Å². The quantitative estimate of drug-likeness (QED) is 0.423. The molecular weight excluding hydrogens is 549 g/mol. The van der Waals surface area contributed by atoms with Crippen LogP contribution < -0.4 is 5.48 Å². The van der Waals surface area contributed by atoms with Crippen LogP contribution in [0.1, 0.15) is 42.0 Å². The fourth-order valence-corrected chi connectivity index (χ4v) is 4.71. The van der Waals surface area contributed by atoms with E-state index in [1.807, 2.05) is 6.92 Å². The van der Waals surface area contributed by atoms with Gasteiger partial charge in [-0.25, -0.2) is 0 Å². The first kappa shape index (κ1) is 27.6. The Bertz CT molecular complexity index is 1240. The summed E-state index contributed by atoms with van der Waals surface area (Å²) in [6.07, 6.45) is -8.59. The maximum atomic E-state index is 14.2. The van der Waals surface area contributed by atoms with Gasteiger partial charge in [0.25, 0.3) is 0 Å². The van der Waals surface area contributed by atoms with Crippen LogP contribution in [-0.2, 0) is 27.0 Å². The van der Waals surface area contributed by atoms with Crippen molar-refractivity contribution in [3.8, 4) is 0 Å². The van der Waals surface area contributed by atoms with Crippen LogP contribution in [0.25, 0.3) is 5.70 Å². The highest BCUT2D eigenvalue weighted by atomic mass is 35.5. The molecule has 2 aliphatic rings. The van der Waals surface area contributed by atoms with Crippen LogP contribution in [0, 0.1) is 0 Å². The summed E-state index contributed by atoms with van der Waals surface area (Å²) >= 11 is 11.4. The average Bonchev–Trinajstić information content (AvgIpc) is 3.25. The van der Waals surface area contributed by atoms with Crippen LogP contribution in [0.2, 0.25) is 10.0 Å². The number of halogens is 8. The molecule has 2 aromatic carbocycles. The Balaban J connectivity index is 1.65. The van der Waals surface area contributed by atoms with Gasteiger partial charge in [0.05, 0.1) is 34.4 Å². The van der Waals surface area contributed by atoms with Gasteiger partial charge in [0.1, 0.15) is 5.60 Å². The molecule has 0 bridgehead atoms. The van der Waals surface area contributed by atoms with Gasteiger partial charge in [-0.1, -0.05) is 54.4 Å². The van der Waals surface area contributed by atoms with E-state index >= 15 is 0 Å². The largest absolute Gasteiger partial charge is 0.428 e. The number of β-amino-alcohol motifs (C(OH)–C–C–N with tert-alkyl or cyclic N) is 1. The highest BCUT2D eigenvalue weighted by molar-refractivity contribution is 6.42. The molecule has 2 heterocycles. The number of carbonyl (C=O) groups excluding carboxylic acids is 1. The predicted molar refractivity (Wildman–Crippen MR) is 123 cm³/mol. The maximum Gasteiger partial charge on any atom is 0.428 e. The number of hydrogen-bond acceptors (Lipinski definition) is 4. The molecule has 0 spiro atoms. The van der Waals surface area contributed by atoms with Crippen LogP contribution in [0.5, 0.6) is 0 Å². The van der Waals surface area contributed by atoms with E-state index in [1.54, 1.807) is 0 Å². The lowest BCUT2D eigenvalue weighted by molar-refractivity contribution is -0.269. The van der Waals surface area contributed by atoms with Crippen LogP contribution >= 0.6 is 23.2 Å². The summed E-state index contributed by atoms with van der Waals surface area (Å²) in [5, 5.41) is 9.15. The van der Waals surface area contributed by atoms with Crippen LogP contribution in [0.4, 0.5) is 26.3 Å². The molecule has 0 radical (unpaired) electrons. The first-order valence-electron chi connectivity index (χ1n) is 11.0. The number of rotatable bonds is 5. The predicted octanol–water partition coefficient (Wildman–Crippen LogP) is 6.18. The highest BCUT2D eigenvalue weighted by Crippen LogP contribution is 2.50. The van der Waals surface area contributed by atoms with Crippen molar-refractivity contribution < 1.29 is 41.1 Å². The van der Waals surface area contributed by atoms with Crippen molar-refractivity contribution in [2.75, 3.05) is 13.1 Å². The summed E-state index contributed by atoms with van der Waals surface area (Å²) in [6, 6.07) is 6.77. The Labute approximate surface area is 217 Å². The first-order chi connectivity index (χ1) is 17.1. The minimum Gasteiger partial charge on any atom is -0.381 e. The molecule has 1 fully saturated rings. The molecule has 1 unspecified atom stereocenters. The lowest BCUT2D eigenvalue weighted by Gasteiger charge is -2.46. The molecule has 5 nitrogen and oxygen atoms in total. The fraction of sp³-hybridized carbons (Fsp3) is 0.375. The molecule has 13 heteroatoms. The topological polar surface area (TPSA) is 61.8 Å². The van der Waals surface area contributed by atoms with Gasteiger partial charge >= 0.3 is 12.4 Å². The van der Waals surface area contributed by atoms with Crippen molar-refractivity contribution in [3.05, 3.63) is 74.8 Å². The number of amides is 1. The van der Waals surface area contributed by atoms with Gasteiger partial charge < -0.3 is 10.0 Å². The summed E-state index contributed by atoms with van der Waals surface area (Å²) in [5.41, 5.74) is -4.37. The molecule has 2 aromatic rings. The zero-order valence-corrected chi connectivity index (χ0v) is 20.6. The van der Waals surface area contributed by atoms with E-state index in [0.717, 1.165) is 0 Å². The number of likely N-dealkylation sites (tertiary alicyclic amines) is 1. The smallest absolute Gasteiger partial charge is 0.381 e. The average molecular weight is 569 g/mol. The summed E-state index contributed by atoms with van der Waals surface area (Å²) in [4.78, 5) is 18.4. The fourth-order valence-electron chi connectivity index (χ4n) is 4.27. The van der Waals surface area contributed by atoms with Gasteiger partial charge in [-0.15, -0.1) is 0 Å². The monoisotopic (exact) mass is 568 g/mol. The number of nitrogens with zero attached hydrogens (tertiary/aromatic N) is 1. The second kappa shape index (κ2) is 9.37. The number of nitrogens with one attached hydrogen (secondary N) is 1. The molecule has 0 saturated carbocycles. The standard InChI is InChI=1S/C24H20Cl2F6N2O3/c1-2-3-19(35)34-11-21(36,12-34)14-6-4-13(5-7-14)18-10-22(37-33-18,24(30,31)32)15-8-16(23(27,28)29)20(26)17(25)9-15/h4-10,33,36H,2-3,11-12H2,1H3. The van der Waals surface area contributed by atoms with Crippen molar-refractivity contribution in [2.45, 2.75) is 43.3 Å². The number of hydrogen-bond donors (Lipinski definition) is 2. The molecule has 1 atom stereocenters. The lowest BCUT2D eigenvalue weighted by Crippen LogP contribution is -2.61. The molecule has 4 rings (SSSR count). The minimum atomic E-state index is -5.18. The van der Waals surface area contributed by atoms with E-state index in [-0.39, 0.29) is 36.3 Å². The number of aliphatic hydroxyl groups is 1. The molecule has 37 heavy (non-hydrogen) atoms. The SMILES string of the molecule is CCCC(=O)N1CC(O)(c2ccc(C3=CC(c4cc(Cl)c(Cl)c(C(F)(F)F)c4)(C(F)(F)F)ON3)cc2)C1. The van der Waals surface area contributed by atoms with Crippen molar-refractivity contribution in [2.24, 2.45) is 0 Å². The van der Waals surface area contributed by atoms with Gasteiger partial charge in [-0.3, -0.25) is 15.1 Å². The van der Waals surface area contributed by atoms with Crippen LogP contribution in [0.3, 0.4) is 0 Å². The van der Waals surface area contributed by atoms with Gasteiger partial charge in [0.15, 0.2) is 0 Å². The molecule has 2 aliphatic heterocycles. The van der Waals surface area contributed by atoms with Gasteiger partial charge in [0.2, 0.25) is 11.5 Å². The Morgan fingerprint density at radius 1 is 1.08 bits per heavy atom.